The van der Waals surface area contributed by atoms with Gasteiger partial charge in [0.1, 0.15) is 12.1 Å². The molecule has 0 spiro atoms. The van der Waals surface area contributed by atoms with Crippen LogP contribution in [-0.2, 0) is 24.0 Å². The summed E-state index contributed by atoms with van der Waals surface area (Å²) < 4.78 is 0. The van der Waals surface area contributed by atoms with Gasteiger partial charge < -0.3 is 37.8 Å². The number of amides is 4. The van der Waals surface area contributed by atoms with Crippen LogP contribution in [0.15, 0.2) is 0 Å². The number of carboxylic acid groups (broad SMARTS) is 1. The number of aliphatic carboxylic acids is 1. The lowest BCUT2D eigenvalue weighted by atomic mass is 10.1. The number of carbonyl (C=O) groups is 5. The third kappa shape index (κ3) is 8.03. The Morgan fingerprint density at radius 1 is 1.17 bits per heavy atom. The summed E-state index contributed by atoms with van der Waals surface area (Å²) in [5, 5.41) is 13.9. The van der Waals surface area contributed by atoms with Gasteiger partial charge in [-0.3, -0.25) is 19.2 Å². The zero-order chi connectivity index (χ0) is 22.0. The van der Waals surface area contributed by atoms with E-state index in [1.54, 1.807) is 0 Å². The molecule has 1 rings (SSSR count). The number of carbonyl (C=O) groups excluding carboxylic acids is 4. The Kier molecular flexibility index (Phi) is 10.0. The molecular weight excluding hydrogens is 384 g/mol. The molecule has 0 aliphatic carbocycles. The van der Waals surface area contributed by atoms with Crippen LogP contribution in [-0.4, -0.2) is 77.4 Å². The number of nitrogens with zero attached hydrogens (tertiary/aromatic N) is 1. The number of likely N-dealkylation sites (tertiary alicyclic amines) is 1. The maximum atomic E-state index is 12.6. The molecule has 3 unspecified atom stereocenters. The van der Waals surface area contributed by atoms with Crippen LogP contribution in [0.25, 0.3) is 0 Å². The smallest absolute Gasteiger partial charge is 0.326 e. The van der Waals surface area contributed by atoms with Crippen molar-refractivity contribution in [3.8, 4) is 0 Å². The monoisotopic (exact) mass is 414 g/mol. The molecule has 1 fully saturated rings. The third-order valence-corrected chi connectivity index (χ3v) is 4.59. The lowest BCUT2D eigenvalue weighted by molar-refractivity contribution is -0.149. The summed E-state index contributed by atoms with van der Waals surface area (Å²) >= 11 is 0. The van der Waals surface area contributed by atoms with Gasteiger partial charge in [0.05, 0.1) is 19.0 Å². The second-order valence-electron chi connectivity index (χ2n) is 6.93. The summed E-state index contributed by atoms with van der Waals surface area (Å²) in [7, 11) is 0. The summed E-state index contributed by atoms with van der Waals surface area (Å²) in [6, 6.07) is -3.12. The molecule has 12 heteroatoms. The molecule has 1 heterocycles. The van der Waals surface area contributed by atoms with Crippen molar-refractivity contribution in [1.29, 1.82) is 0 Å². The fraction of sp³-hybridized carbons (Fsp3) is 0.706. The molecule has 12 nitrogen and oxygen atoms in total. The van der Waals surface area contributed by atoms with E-state index in [1.807, 2.05) is 0 Å². The maximum absolute atomic E-state index is 12.6. The van der Waals surface area contributed by atoms with Gasteiger partial charge in [0.2, 0.25) is 23.6 Å². The number of nitrogens with one attached hydrogen (secondary N) is 2. The van der Waals surface area contributed by atoms with Crippen LogP contribution in [0.3, 0.4) is 0 Å². The average molecular weight is 414 g/mol. The van der Waals surface area contributed by atoms with E-state index in [0.717, 1.165) is 11.3 Å². The van der Waals surface area contributed by atoms with Crippen molar-refractivity contribution < 1.29 is 29.1 Å². The van der Waals surface area contributed by atoms with Crippen molar-refractivity contribution in [2.45, 2.75) is 56.7 Å². The van der Waals surface area contributed by atoms with Crippen molar-refractivity contribution in [2.24, 2.45) is 17.2 Å². The first-order valence-corrected chi connectivity index (χ1v) is 9.51. The second-order valence-corrected chi connectivity index (χ2v) is 6.93. The Morgan fingerprint density at radius 3 is 2.45 bits per heavy atom. The quantitative estimate of drug-likeness (QED) is 0.181. The molecule has 1 saturated heterocycles. The van der Waals surface area contributed by atoms with E-state index in [9.17, 15) is 29.1 Å². The predicted octanol–water partition coefficient (Wildman–Crippen LogP) is -3.01. The molecule has 0 bridgehead atoms. The lowest BCUT2D eigenvalue weighted by Gasteiger charge is -2.26. The molecular formula is C17H30N6O6. The minimum Gasteiger partial charge on any atom is -0.480 e. The molecule has 0 aromatic rings. The van der Waals surface area contributed by atoms with Crippen LogP contribution in [0.1, 0.15) is 38.5 Å². The van der Waals surface area contributed by atoms with Gasteiger partial charge in [0.15, 0.2) is 0 Å². The third-order valence-electron chi connectivity index (χ3n) is 4.59. The molecule has 1 aliphatic rings. The first-order chi connectivity index (χ1) is 13.7. The van der Waals surface area contributed by atoms with E-state index in [4.69, 9.17) is 17.2 Å². The number of hydrogen-bond donors (Lipinski definition) is 6. The minimum atomic E-state index is -1.31. The zero-order valence-electron chi connectivity index (χ0n) is 16.3. The molecule has 164 valence electrons. The van der Waals surface area contributed by atoms with E-state index < -0.39 is 60.7 Å². The first-order valence-electron chi connectivity index (χ1n) is 9.51. The van der Waals surface area contributed by atoms with E-state index in [-0.39, 0.29) is 13.0 Å². The average Bonchev–Trinajstić information content (AvgIpc) is 3.14. The highest BCUT2D eigenvalue weighted by Gasteiger charge is 2.38. The van der Waals surface area contributed by atoms with Gasteiger partial charge in [0, 0.05) is 6.54 Å². The Hall–Kier alpha value is -2.73. The standard InChI is InChI=1S/C17H30N6O6/c18-6-2-1-4-10(19)15(26)21-9-14(25)22-11(8-13(20)24)16(27)23-7-3-5-12(23)17(28)29/h10-12H,1-9,18-19H2,(H2,20,24)(H,21,26)(H,22,25)(H,28,29). The van der Waals surface area contributed by atoms with Gasteiger partial charge in [-0.15, -0.1) is 0 Å². The van der Waals surface area contributed by atoms with Gasteiger partial charge in [0.25, 0.3) is 0 Å². The number of carboxylic acids is 1. The topological polar surface area (TPSA) is 211 Å². The fourth-order valence-electron chi connectivity index (χ4n) is 3.07. The number of primary amides is 1. The SMILES string of the molecule is NCCCCC(N)C(=O)NCC(=O)NC(CC(N)=O)C(=O)N1CCCC1C(=O)O. The van der Waals surface area contributed by atoms with Gasteiger partial charge in [-0.1, -0.05) is 6.42 Å². The van der Waals surface area contributed by atoms with Gasteiger partial charge in [-0.2, -0.15) is 0 Å². The molecule has 0 aromatic carbocycles. The van der Waals surface area contributed by atoms with E-state index in [1.165, 1.54) is 0 Å². The summed E-state index contributed by atoms with van der Waals surface area (Å²) in [4.78, 5) is 60.4. The molecule has 1 aliphatic heterocycles. The Labute approximate surface area is 168 Å². The number of unbranched alkanes of at least 4 members (excludes halogenated alkanes) is 1. The highest BCUT2D eigenvalue weighted by Crippen LogP contribution is 2.19. The van der Waals surface area contributed by atoms with Gasteiger partial charge in [-0.25, -0.2) is 4.79 Å². The molecule has 9 N–H and O–H groups in total. The number of hydrogen-bond acceptors (Lipinski definition) is 7. The molecule has 0 saturated carbocycles. The molecule has 0 aromatic heterocycles. The van der Waals surface area contributed by atoms with E-state index >= 15 is 0 Å². The maximum Gasteiger partial charge on any atom is 0.326 e. The minimum absolute atomic E-state index is 0.204. The molecule has 3 atom stereocenters. The second kappa shape index (κ2) is 12.0. The van der Waals surface area contributed by atoms with Crippen molar-refractivity contribution in [1.82, 2.24) is 15.5 Å². The zero-order valence-corrected chi connectivity index (χ0v) is 16.3. The predicted molar refractivity (Wildman–Crippen MR) is 102 cm³/mol. The lowest BCUT2D eigenvalue weighted by Crippen LogP contribution is -2.54. The highest BCUT2D eigenvalue weighted by molar-refractivity contribution is 5.95. The van der Waals surface area contributed by atoms with Crippen molar-refractivity contribution in [3.05, 3.63) is 0 Å². The summed E-state index contributed by atoms with van der Waals surface area (Å²) in [6.45, 7) is 0.245. The molecule has 0 radical (unpaired) electrons. The van der Waals surface area contributed by atoms with E-state index in [0.29, 0.717) is 25.8 Å². The van der Waals surface area contributed by atoms with Crippen LogP contribution in [0.2, 0.25) is 0 Å². The fourth-order valence-corrected chi connectivity index (χ4v) is 3.07. The summed E-state index contributed by atoms with van der Waals surface area (Å²) in [6.07, 6.45) is 2.12. The molecule has 4 amide bonds. The normalized spacial score (nSPS) is 18.0. The highest BCUT2D eigenvalue weighted by atomic mass is 16.4. The first kappa shape index (κ1) is 24.3. The Morgan fingerprint density at radius 2 is 1.86 bits per heavy atom. The summed E-state index contributed by atoms with van der Waals surface area (Å²) in [5.41, 5.74) is 16.2. The van der Waals surface area contributed by atoms with Crippen LogP contribution >= 0.6 is 0 Å². The number of rotatable bonds is 12. The largest absolute Gasteiger partial charge is 0.480 e. The van der Waals surface area contributed by atoms with Crippen LogP contribution in [0.5, 0.6) is 0 Å². The van der Waals surface area contributed by atoms with Crippen LogP contribution < -0.4 is 27.8 Å². The van der Waals surface area contributed by atoms with Gasteiger partial charge in [-0.05, 0) is 32.2 Å². The Bertz CT molecular complexity index is 628. The van der Waals surface area contributed by atoms with Crippen molar-refractivity contribution >= 4 is 29.6 Å². The van der Waals surface area contributed by atoms with Crippen molar-refractivity contribution in [2.75, 3.05) is 19.6 Å². The Balaban J connectivity index is 2.62. The van der Waals surface area contributed by atoms with Crippen molar-refractivity contribution in [3.63, 3.8) is 0 Å². The summed E-state index contributed by atoms with van der Waals surface area (Å²) in [5.74, 6) is -3.94. The number of nitrogens with two attached hydrogens (primary N) is 3. The van der Waals surface area contributed by atoms with Gasteiger partial charge >= 0.3 is 5.97 Å². The van der Waals surface area contributed by atoms with E-state index in [2.05, 4.69) is 10.6 Å². The van der Waals surface area contributed by atoms with Crippen LogP contribution in [0.4, 0.5) is 0 Å². The molecule has 29 heavy (non-hydrogen) atoms. The van der Waals surface area contributed by atoms with Crippen LogP contribution in [0, 0.1) is 0 Å².